The summed E-state index contributed by atoms with van der Waals surface area (Å²) in [5.74, 6) is -0.415. The van der Waals surface area contributed by atoms with Crippen LogP contribution in [0, 0.1) is 6.92 Å². The molecule has 1 saturated heterocycles. The first-order valence-corrected chi connectivity index (χ1v) is 17.1. The van der Waals surface area contributed by atoms with Crippen LogP contribution in [-0.4, -0.2) is 77.2 Å². The molecule has 3 heterocycles. The summed E-state index contributed by atoms with van der Waals surface area (Å²) in [7, 11) is -4.31. The lowest BCUT2D eigenvalue weighted by atomic mass is 10.0. The molecule has 0 saturated carbocycles. The molecule has 0 unspecified atom stereocenters. The highest BCUT2D eigenvalue weighted by atomic mass is 32.2. The number of carbonyl (C=O) groups is 1. The maximum Gasteiger partial charge on any atom is 0.410 e. The second-order valence-electron chi connectivity index (χ2n) is 12.7. The van der Waals surface area contributed by atoms with Crippen LogP contribution in [0.2, 0.25) is 0 Å². The summed E-state index contributed by atoms with van der Waals surface area (Å²) in [5, 5.41) is 4.02. The van der Waals surface area contributed by atoms with Crippen molar-refractivity contribution in [1.82, 2.24) is 19.9 Å². The van der Waals surface area contributed by atoms with E-state index in [0.717, 1.165) is 0 Å². The lowest BCUT2D eigenvalue weighted by Crippen LogP contribution is -2.51. The fraction of sp³-hybridized carbons (Fsp3) is 0.394. The number of amides is 1. The van der Waals surface area contributed by atoms with E-state index in [9.17, 15) is 30.8 Å². The topological polar surface area (TPSA) is 136 Å². The molecular weight excluding hydrogens is 668 g/mol. The molecule has 2 N–H and O–H groups in total. The number of hydrogen-bond donors (Lipinski definition) is 2. The number of nitrogens with zero attached hydrogens (tertiary/aromatic N) is 4. The number of pyridine rings is 1. The second kappa shape index (κ2) is 14.0. The smallest absolute Gasteiger partial charge is 0.410 e. The molecule has 1 aliphatic rings. The van der Waals surface area contributed by atoms with Gasteiger partial charge in [-0.2, -0.15) is 13.2 Å². The first-order chi connectivity index (χ1) is 23.0. The molecule has 11 nitrogen and oxygen atoms in total. The zero-order valence-electron chi connectivity index (χ0n) is 27.2. The fourth-order valence-corrected chi connectivity index (χ4v) is 6.43. The van der Waals surface area contributed by atoms with Crippen LogP contribution in [-0.2, 0) is 14.8 Å². The summed E-state index contributed by atoms with van der Waals surface area (Å²) in [5.41, 5.74) is 0.776. The number of benzene rings is 2. The first kappa shape index (κ1) is 35.6. The third-order valence-electron chi connectivity index (χ3n) is 7.39. The van der Waals surface area contributed by atoms with E-state index in [1.54, 1.807) is 70.2 Å². The molecule has 49 heavy (non-hydrogen) atoms. The minimum atomic E-state index is -4.62. The minimum absolute atomic E-state index is 0.0800. The van der Waals surface area contributed by atoms with E-state index < -0.39 is 52.3 Å². The lowest BCUT2D eigenvalue weighted by molar-refractivity contribution is -0.129. The molecule has 0 radical (unpaired) electrons. The molecule has 5 rings (SSSR count). The number of carbonyl (C=O) groups excluding carboxylic acids is 1. The van der Waals surface area contributed by atoms with Crippen molar-refractivity contribution in [2.45, 2.75) is 64.5 Å². The van der Waals surface area contributed by atoms with E-state index in [1.165, 1.54) is 23.4 Å². The Labute approximate surface area is 281 Å². The number of sulfonamides is 1. The van der Waals surface area contributed by atoms with Gasteiger partial charge >= 0.3 is 12.3 Å². The van der Waals surface area contributed by atoms with Crippen LogP contribution in [0.25, 0.3) is 22.0 Å². The maximum absolute atomic E-state index is 14.7. The number of aromatic nitrogens is 3. The summed E-state index contributed by atoms with van der Waals surface area (Å²) < 4.78 is 92.0. The van der Waals surface area contributed by atoms with Crippen LogP contribution in [0.5, 0.6) is 11.6 Å². The van der Waals surface area contributed by atoms with Gasteiger partial charge in [0.25, 0.3) is 0 Å². The van der Waals surface area contributed by atoms with Gasteiger partial charge < -0.3 is 19.7 Å². The quantitative estimate of drug-likeness (QED) is 0.173. The number of nitrogens with one attached hydrogen (secondary N) is 2. The SMILES string of the molecule is Cc1cc(NS(=O)(=O)CCC(F)(F)F)c2ccccc2c1Oc1ncccc1-c1ccnc(N[C@H]2C[C@H](F)CN(C(=O)OC(C)(C)C)C2)n1. The standard InChI is InChI=1S/C33H36F4N6O5S/c1-20-16-27(42-49(45,46)15-12-33(35,36)37)23-8-5-6-9-24(23)28(20)47-29-25(10-7-13-38-29)26-11-14-39-30(41-26)40-22-17-21(34)18-43(19-22)31(44)48-32(2,3)4/h5-11,13-14,16,21-22,42H,12,15,17-19H2,1-4H3,(H,39,40,41)/t21-,22-/m0/s1. The molecule has 1 amide bonds. The Balaban J connectivity index is 1.39. The molecular formula is C33H36F4N6O5S. The number of anilines is 2. The van der Waals surface area contributed by atoms with E-state index in [4.69, 9.17) is 9.47 Å². The summed E-state index contributed by atoms with van der Waals surface area (Å²) in [6, 6.07) is 12.8. The van der Waals surface area contributed by atoms with Crippen LogP contribution < -0.4 is 14.8 Å². The summed E-state index contributed by atoms with van der Waals surface area (Å²) in [4.78, 5) is 27.2. The molecule has 16 heteroatoms. The van der Waals surface area contributed by atoms with E-state index in [-0.39, 0.29) is 37.0 Å². The van der Waals surface area contributed by atoms with Crippen molar-refractivity contribution in [3.05, 3.63) is 66.5 Å². The molecule has 2 aromatic carbocycles. The summed E-state index contributed by atoms with van der Waals surface area (Å²) in [6.45, 7) is 7.00. The van der Waals surface area contributed by atoms with E-state index in [1.807, 2.05) is 0 Å². The van der Waals surface area contributed by atoms with Gasteiger partial charge in [-0.15, -0.1) is 0 Å². The highest BCUT2D eigenvalue weighted by Crippen LogP contribution is 2.40. The average Bonchev–Trinajstić information content (AvgIpc) is 3.01. The van der Waals surface area contributed by atoms with Crippen molar-refractivity contribution in [2.24, 2.45) is 0 Å². The Bertz CT molecular complexity index is 1940. The number of aryl methyl sites for hydroxylation is 1. The Morgan fingerprint density at radius 2 is 1.76 bits per heavy atom. The van der Waals surface area contributed by atoms with Gasteiger partial charge in [-0.1, -0.05) is 24.3 Å². The first-order valence-electron chi connectivity index (χ1n) is 15.4. The van der Waals surface area contributed by atoms with Gasteiger partial charge in [0.2, 0.25) is 21.9 Å². The molecule has 0 spiro atoms. The Hall–Kier alpha value is -4.73. The number of likely N-dealkylation sites (tertiary alicyclic amines) is 1. The molecule has 0 aliphatic carbocycles. The normalized spacial score (nSPS) is 17.1. The molecule has 2 aromatic heterocycles. The monoisotopic (exact) mass is 704 g/mol. The van der Waals surface area contributed by atoms with Crippen LogP contribution in [0.1, 0.15) is 39.2 Å². The number of alkyl halides is 4. The molecule has 4 aromatic rings. The van der Waals surface area contributed by atoms with Gasteiger partial charge in [0.15, 0.2) is 0 Å². The van der Waals surface area contributed by atoms with Gasteiger partial charge in [0, 0.05) is 42.2 Å². The van der Waals surface area contributed by atoms with Crippen molar-refractivity contribution in [1.29, 1.82) is 0 Å². The Morgan fingerprint density at radius 3 is 2.47 bits per heavy atom. The molecule has 1 aliphatic heterocycles. The van der Waals surface area contributed by atoms with Gasteiger partial charge in [-0.05, 0) is 57.5 Å². The summed E-state index contributed by atoms with van der Waals surface area (Å²) >= 11 is 0. The highest BCUT2D eigenvalue weighted by molar-refractivity contribution is 7.92. The van der Waals surface area contributed by atoms with Crippen LogP contribution in [0.3, 0.4) is 0 Å². The molecule has 262 valence electrons. The highest BCUT2D eigenvalue weighted by Gasteiger charge is 2.33. The molecule has 1 fully saturated rings. The van der Waals surface area contributed by atoms with Crippen molar-refractivity contribution >= 4 is 38.5 Å². The number of ether oxygens (including phenoxy) is 2. The van der Waals surface area contributed by atoms with Gasteiger partial charge in [-0.25, -0.2) is 32.6 Å². The van der Waals surface area contributed by atoms with Crippen molar-refractivity contribution in [2.75, 3.05) is 28.9 Å². The van der Waals surface area contributed by atoms with Gasteiger partial charge in [0.05, 0.1) is 35.7 Å². The van der Waals surface area contributed by atoms with Crippen LogP contribution in [0.4, 0.5) is 34.0 Å². The predicted octanol–water partition coefficient (Wildman–Crippen LogP) is 7.25. The van der Waals surface area contributed by atoms with Crippen molar-refractivity contribution in [3.63, 3.8) is 0 Å². The third kappa shape index (κ3) is 9.46. The van der Waals surface area contributed by atoms with Gasteiger partial charge in [-0.3, -0.25) is 4.72 Å². The van der Waals surface area contributed by atoms with E-state index >= 15 is 0 Å². The zero-order valence-corrected chi connectivity index (χ0v) is 28.0. The van der Waals surface area contributed by atoms with Crippen LogP contribution >= 0.6 is 0 Å². The van der Waals surface area contributed by atoms with Gasteiger partial charge in [0.1, 0.15) is 17.5 Å². The Kier molecular flexibility index (Phi) is 10.2. The van der Waals surface area contributed by atoms with E-state index in [0.29, 0.717) is 33.3 Å². The average molecular weight is 705 g/mol. The zero-order chi connectivity index (χ0) is 35.6. The maximum atomic E-state index is 14.7. The second-order valence-corrected chi connectivity index (χ2v) is 14.5. The number of piperidine rings is 1. The third-order valence-corrected chi connectivity index (χ3v) is 8.66. The molecule has 0 bridgehead atoms. The van der Waals surface area contributed by atoms with E-state index in [2.05, 4.69) is 25.0 Å². The lowest BCUT2D eigenvalue weighted by Gasteiger charge is -2.36. The van der Waals surface area contributed by atoms with Crippen molar-refractivity contribution in [3.8, 4) is 22.9 Å². The Morgan fingerprint density at radius 1 is 1.02 bits per heavy atom. The minimum Gasteiger partial charge on any atom is -0.444 e. The number of rotatable bonds is 9. The van der Waals surface area contributed by atoms with Crippen LogP contribution in [0.15, 0.2) is 60.9 Å². The molecule has 2 atom stereocenters. The predicted molar refractivity (Wildman–Crippen MR) is 177 cm³/mol. The number of halogens is 4. The number of hydrogen-bond acceptors (Lipinski definition) is 9. The number of fused-ring (bicyclic) bond motifs is 1. The van der Waals surface area contributed by atoms with Crippen molar-refractivity contribution < 1.29 is 40.2 Å². The summed E-state index contributed by atoms with van der Waals surface area (Å²) in [6.07, 6.45) is -4.82. The largest absolute Gasteiger partial charge is 0.444 e. The fourth-order valence-electron chi connectivity index (χ4n) is 5.32.